The Morgan fingerprint density at radius 1 is 1.10 bits per heavy atom. The molecule has 2 fully saturated rings. The van der Waals surface area contributed by atoms with Crippen LogP contribution in [0.15, 0.2) is 24.3 Å². The van der Waals surface area contributed by atoms with E-state index in [0.29, 0.717) is 6.54 Å². The Balaban J connectivity index is 1.92. The predicted octanol–water partition coefficient (Wildman–Crippen LogP) is 3.54. The molecule has 3 heteroatoms. The van der Waals surface area contributed by atoms with Crippen molar-refractivity contribution in [1.82, 2.24) is 0 Å². The van der Waals surface area contributed by atoms with Crippen LogP contribution >= 0.6 is 0 Å². The standard InChI is InChI=1S/C17H24FNO/c18-15-5-3-14(4-6-15)16(9-11-19)10-12-20-17(13-16)7-1-2-8-17/h3-6H,1-2,7-13,19H2/t16-/m1/s1. The molecule has 1 heterocycles. The maximum Gasteiger partial charge on any atom is 0.123 e. The molecule has 1 aliphatic carbocycles. The first kappa shape index (κ1) is 14.0. The zero-order valence-electron chi connectivity index (χ0n) is 12.0. The molecule has 2 nitrogen and oxygen atoms in total. The summed E-state index contributed by atoms with van der Waals surface area (Å²) in [4.78, 5) is 0. The van der Waals surface area contributed by atoms with Gasteiger partial charge in [-0.25, -0.2) is 4.39 Å². The van der Waals surface area contributed by atoms with Gasteiger partial charge in [0.1, 0.15) is 5.82 Å². The fourth-order valence-electron chi connectivity index (χ4n) is 4.24. The van der Waals surface area contributed by atoms with Crippen LogP contribution in [0.3, 0.4) is 0 Å². The van der Waals surface area contributed by atoms with E-state index in [-0.39, 0.29) is 16.8 Å². The van der Waals surface area contributed by atoms with Crippen molar-refractivity contribution >= 4 is 0 Å². The normalized spacial score (nSPS) is 28.9. The Hall–Kier alpha value is -0.930. The van der Waals surface area contributed by atoms with Gasteiger partial charge in [0.25, 0.3) is 0 Å². The molecule has 20 heavy (non-hydrogen) atoms. The smallest absolute Gasteiger partial charge is 0.123 e. The first-order chi connectivity index (χ1) is 9.68. The maximum atomic E-state index is 13.2. The Labute approximate surface area is 120 Å². The molecular weight excluding hydrogens is 253 g/mol. The first-order valence-electron chi connectivity index (χ1n) is 7.78. The second kappa shape index (κ2) is 5.45. The largest absolute Gasteiger partial charge is 0.375 e. The van der Waals surface area contributed by atoms with E-state index in [1.54, 1.807) is 12.1 Å². The molecule has 0 radical (unpaired) electrons. The molecule has 0 unspecified atom stereocenters. The zero-order chi connectivity index (χ0) is 14.1. The molecule has 1 spiro atoms. The number of hydrogen-bond donors (Lipinski definition) is 1. The summed E-state index contributed by atoms with van der Waals surface area (Å²) in [7, 11) is 0. The molecule has 1 aromatic rings. The number of benzene rings is 1. The first-order valence-corrected chi connectivity index (χ1v) is 7.78. The molecule has 3 rings (SSSR count). The van der Waals surface area contributed by atoms with Crippen LogP contribution in [0, 0.1) is 5.82 Å². The van der Waals surface area contributed by atoms with Crippen molar-refractivity contribution in [3.8, 4) is 0 Å². The predicted molar refractivity (Wildman–Crippen MR) is 78.1 cm³/mol. The Bertz CT molecular complexity index is 449. The van der Waals surface area contributed by atoms with E-state index < -0.39 is 0 Å². The molecule has 0 amide bonds. The number of ether oxygens (including phenoxy) is 1. The fraction of sp³-hybridized carbons (Fsp3) is 0.647. The minimum Gasteiger partial charge on any atom is -0.375 e. The van der Waals surface area contributed by atoms with Gasteiger partial charge in [0, 0.05) is 12.0 Å². The maximum absolute atomic E-state index is 13.2. The van der Waals surface area contributed by atoms with E-state index in [2.05, 4.69) is 0 Å². The summed E-state index contributed by atoms with van der Waals surface area (Å²) in [6.45, 7) is 1.48. The minimum atomic E-state index is -0.167. The monoisotopic (exact) mass is 277 g/mol. The van der Waals surface area contributed by atoms with Crippen LogP contribution in [0.4, 0.5) is 4.39 Å². The average molecular weight is 277 g/mol. The molecule has 2 N–H and O–H groups in total. The van der Waals surface area contributed by atoms with Crippen molar-refractivity contribution in [2.75, 3.05) is 13.2 Å². The zero-order valence-corrected chi connectivity index (χ0v) is 12.0. The average Bonchev–Trinajstić information content (AvgIpc) is 2.87. The van der Waals surface area contributed by atoms with Gasteiger partial charge >= 0.3 is 0 Å². The highest BCUT2D eigenvalue weighted by Crippen LogP contribution is 2.49. The summed E-state index contributed by atoms with van der Waals surface area (Å²) in [5, 5.41) is 0. The van der Waals surface area contributed by atoms with E-state index in [1.807, 2.05) is 12.1 Å². The summed E-state index contributed by atoms with van der Waals surface area (Å²) in [5.74, 6) is -0.167. The quantitative estimate of drug-likeness (QED) is 0.917. The highest BCUT2D eigenvalue weighted by molar-refractivity contribution is 5.28. The van der Waals surface area contributed by atoms with E-state index in [4.69, 9.17) is 10.5 Å². The van der Waals surface area contributed by atoms with Crippen molar-refractivity contribution in [1.29, 1.82) is 0 Å². The number of rotatable bonds is 3. The lowest BCUT2D eigenvalue weighted by molar-refractivity contribution is -0.103. The van der Waals surface area contributed by atoms with Crippen LogP contribution in [0.1, 0.15) is 50.5 Å². The molecule has 1 saturated carbocycles. The van der Waals surface area contributed by atoms with Gasteiger partial charge in [-0.05, 0) is 56.3 Å². The summed E-state index contributed by atoms with van der Waals surface area (Å²) in [6, 6.07) is 7.03. The van der Waals surface area contributed by atoms with Crippen LogP contribution in [-0.2, 0) is 10.2 Å². The van der Waals surface area contributed by atoms with Gasteiger partial charge in [-0.15, -0.1) is 0 Å². The molecule has 0 aromatic heterocycles. The molecule has 1 aliphatic heterocycles. The molecule has 1 saturated heterocycles. The Morgan fingerprint density at radius 2 is 1.80 bits per heavy atom. The third-order valence-electron chi connectivity index (χ3n) is 5.24. The van der Waals surface area contributed by atoms with Crippen molar-refractivity contribution in [3.05, 3.63) is 35.6 Å². The van der Waals surface area contributed by atoms with E-state index in [1.165, 1.54) is 31.2 Å². The summed E-state index contributed by atoms with van der Waals surface area (Å²) in [5.41, 5.74) is 7.25. The Morgan fingerprint density at radius 3 is 2.45 bits per heavy atom. The molecule has 110 valence electrons. The lowest BCUT2D eigenvalue weighted by atomic mass is 9.66. The summed E-state index contributed by atoms with van der Waals surface area (Å²) >= 11 is 0. The summed E-state index contributed by atoms with van der Waals surface area (Å²) < 4.78 is 19.4. The van der Waals surface area contributed by atoms with Crippen molar-refractivity contribution in [3.63, 3.8) is 0 Å². The number of halogens is 1. The molecular formula is C17H24FNO. The third-order valence-corrected chi connectivity index (χ3v) is 5.24. The van der Waals surface area contributed by atoms with E-state index in [9.17, 15) is 4.39 Å². The van der Waals surface area contributed by atoms with Crippen molar-refractivity contribution < 1.29 is 9.13 Å². The van der Waals surface area contributed by atoms with Crippen LogP contribution in [-0.4, -0.2) is 18.8 Å². The molecule has 1 aromatic carbocycles. The van der Waals surface area contributed by atoms with E-state index >= 15 is 0 Å². The van der Waals surface area contributed by atoms with Crippen molar-refractivity contribution in [2.24, 2.45) is 5.73 Å². The van der Waals surface area contributed by atoms with Gasteiger partial charge in [-0.2, -0.15) is 0 Å². The van der Waals surface area contributed by atoms with Crippen LogP contribution in [0.2, 0.25) is 0 Å². The lowest BCUT2D eigenvalue weighted by Gasteiger charge is -2.47. The molecule has 1 atom stereocenters. The van der Waals surface area contributed by atoms with Gasteiger partial charge in [0.2, 0.25) is 0 Å². The highest BCUT2D eigenvalue weighted by Gasteiger charge is 2.47. The van der Waals surface area contributed by atoms with Gasteiger partial charge in [0.15, 0.2) is 0 Å². The van der Waals surface area contributed by atoms with Gasteiger partial charge < -0.3 is 10.5 Å². The summed E-state index contributed by atoms with van der Waals surface area (Å²) in [6.07, 6.45) is 7.87. The topological polar surface area (TPSA) is 35.2 Å². The third kappa shape index (κ3) is 2.49. The second-order valence-corrected chi connectivity index (χ2v) is 6.49. The van der Waals surface area contributed by atoms with E-state index in [0.717, 1.165) is 25.9 Å². The highest BCUT2D eigenvalue weighted by atomic mass is 19.1. The van der Waals surface area contributed by atoms with Gasteiger partial charge in [0.05, 0.1) is 5.60 Å². The molecule has 0 bridgehead atoms. The van der Waals surface area contributed by atoms with Gasteiger partial charge in [-0.3, -0.25) is 0 Å². The van der Waals surface area contributed by atoms with Crippen LogP contribution < -0.4 is 5.73 Å². The van der Waals surface area contributed by atoms with Crippen LogP contribution in [0.25, 0.3) is 0 Å². The second-order valence-electron chi connectivity index (χ2n) is 6.49. The van der Waals surface area contributed by atoms with Gasteiger partial charge in [-0.1, -0.05) is 25.0 Å². The lowest BCUT2D eigenvalue weighted by Crippen LogP contribution is -2.46. The van der Waals surface area contributed by atoms with Crippen molar-refractivity contribution in [2.45, 2.75) is 56.0 Å². The SMILES string of the molecule is NCC[C@@]1(c2ccc(F)cc2)CCOC2(CCCC2)C1. The number of hydrogen-bond acceptors (Lipinski definition) is 2. The Kier molecular flexibility index (Phi) is 3.83. The minimum absolute atomic E-state index is 0.0573. The molecule has 2 aliphatic rings. The number of nitrogens with two attached hydrogens (primary N) is 1. The van der Waals surface area contributed by atoms with Crippen LogP contribution in [0.5, 0.6) is 0 Å². The fourth-order valence-corrected chi connectivity index (χ4v) is 4.24.